The Balaban J connectivity index is 1.82. The van der Waals surface area contributed by atoms with Crippen molar-refractivity contribution in [2.24, 2.45) is 13.0 Å². The van der Waals surface area contributed by atoms with Crippen molar-refractivity contribution in [1.29, 1.82) is 0 Å². The van der Waals surface area contributed by atoms with Gasteiger partial charge in [-0.25, -0.2) is 13.4 Å². The van der Waals surface area contributed by atoms with Gasteiger partial charge in [-0.05, 0) is 18.8 Å². The molecule has 132 valence electrons. The Morgan fingerprint density at radius 3 is 2.71 bits per heavy atom. The lowest BCUT2D eigenvalue weighted by molar-refractivity contribution is 0.258. The second-order valence-corrected chi connectivity index (χ2v) is 7.91. The Kier molecular flexibility index (Phi) is 4.75. The van der Waals surface area contributed by atoms with Gasteiger partial charge in [0.1, 0.15) is 5.82 Å². The van der Waals surface area contributed by atoms with Gasteiger partial charge in [0.25, 0.3) is 10.0 Å². The van der Waals surface area contributed by atoms with E-state index in [1.54, 1.807) is 24.1 Å². The van der Waals surface area contributed by atoms with Crippen molar-refractivity contribution in [3.63, 3.8) is 0 Å². The third kappa shape index (κ3) is 3.68. The molecule has 0 saturated heterocycles. The predicted molar refractivity (Wildman–Crippen MR) is 87.7 cm³/mol. The third-order valence-corrected chi connectivity index (χ3v) is 5.53. The molecule has 0 bridgehead atoms. The highest BCUT2D eigenvalue weighted by molar-refractivity contribution is 7.89. The van der Waals surface area contributed by atoms with Crippen LogP contribution in [0.15, 0.2) is 23.6 Å². The second-order valence-electron chi connectivity index (χ2n) is 6.25. The number of nitrogens with one attached hydrogen (secondary N) is 1. The molecule has 24 heavy (non-hydrogen) atoms. The molecule has 2 N–H and O–H groups in total. The Morgan fingerprint density at radius 2 is 2.17 bits per heavy atom. The van der Waals surface area contributed by atoms with Crippen molar-refractivity contribution in [3.8, 4) is 0 Å². The molecule has 3 rings (SSSR count). The summed E-state index contributed by atoms with van der Waals surface area (Å²) in [6, 6.07) is -0.748. The number of rotatable bonds is 8. The molecule has 0 radical (unpaired) electrons. The standard InChI is InChI=1S/C15H23N5O3S/c1-3-14-17-15(9-20(14)7-11-4-5-11)24(22,23)18-13(10-21)12-6-16-19(2)8-12/h6,8-9,11,13,18,21H,3-5,7,10H2,1-2H3. The maximum atomic E-state index is 12.6. The fourth-order valence-corrected chi connectivity index (χ4v) is 3.85. The molecule has 1 aliphatic rings. The number of aliphatic hydroxyl groups excluding tert-OH is 1. The Bertz CT molecular complexity index is 807. The third-order valence-electron chi connectivity index (χ3n) is 4.19. The van der Waals surface area contributed by atoms with Gasteiger partial charge in [0.2, 0.25) is 0 Å². The van der Waals surface area contributed by atoms with Gasteiger partial charge in [0.15, 0.2) is 5.03 Å². The normalized spacial score (nSPS) is 16.5. The van der Waals surface area contributed by atoms with Crippen LogP contribution < -0.4 is 4.72 Å². The number of hydrogen-bond donors (Lipinski definition) is 2. The van der Waals surface area contributed by atoms with E-state index in [2.05, 4.69) is 14.8 Å². The molecule has 8 nitrogen and oxygen atoms in total. The fourth-order valence-electron chi connectivity index (χ4n) is 2.65. The SMILES string of the molecule is CCc1nc(S(=O)(=O)NC(CO)c2cnn(C)c2)cn1CC1CC1. The van der Waals surface area contributed by atoms with E-state index < -0.39 is 16.1 Å². The van der Waals surface area contributed by atoms with Crippen LogP contribution in [-0.4, -0.2) is 39.5 Å². The first-order valence-electron chi connectivity index (χ1n) is 8.10. The average molecular weight is 353 g/mol. The number of aliphatic hydroxyl groups is 1. The number of sulfonamides is 1. The summed E-state index contributed by atoms with van der Waals surface area (Å²) >= 11 is 0. The summed E-state index contributed by atoms with van der Waals surface area (Å²) in [4.78, 5) is 4.28. The van der Waals surface area contributed by atoms with Crippen LogP contribution in [0.2, 0.25) is 0 Å². The number of hydrogen-bond acceptors (Lipinski definition) is 5. The molecule has 1 aliphatic carbocycles. The molecular weight excluding hydrogens is 330 g/mol. The topological polar surface area (TPSA) is 102 Å². The van der Waals surface area contributed by atoms with Gasteiger partial charge in [0.05, 0.1) is 18.8 Å². The van der Waals surface area contributed by atoms with E-state index in [4.69, 9.17) is 0 Å². The predicted octanol–water partition coefficient (Wildman–Crippen LogP) is 0.601. The summed E-state index contributed by atoms with van der Waals surface area (Å²) in [5, 5.41) is 13.6. The zero-order chi connectivity index (χ0) is 17.3. The quantitative estimate of drug-likeness (QED) is 0.724. The molecule has 0 aromatic carbocycles. The first kappa shape index (κ1) is 17.1. The number of nitrogens with zero attached hydrogens (tertiary/aromatic N) is 4. The average Bonchev–Trinajstić information content (AvgIpc) is 3.09. The number of imidazole rings is 1. The van der Waals surface area contributed by atoms with E-state index >= 15 is 0 Å². The number of aromatic nitrogens is 4. The van der Waals surface area contributed by atoms with Crippen molar-refractivity contribution in [2.45, 2.75) is 43.8 Å². The Labute approximate surface area is 141 Å². The molecule has 0 spiro atoms. The maximum absolute atomic E-state index is 12.6. The van der Waals surface area contributed by atoms with Crippen LogP contribution in [0.4, 0.5) is 0 Å². The summed E-state index contributed by atoms with van der Waals surface area (Å²) in [5.74, 6) is 1.40. The van der Waals surface area contributed by atoms with Gasteiger partial charge < -0.3 is 9.67 Å². The lowest BCUT2D eigenvalue weighted by Crippen LogP contribution is -2.31. The van der Waals surface area contributed by atoms with Crippen LogP contribution in [0.25, 0.3) is 0 Å². The van der Waals surface area contributed by atoms with E-state index in [1.807, 2.05) is 11.5 Å². The van der Waals surface area contributed by atoms with Gasteiger partial charge in [-0.3, -0.25) is 4.68 Å². The monoisotopic (exact) mass is 353 g/mol. The first-order valence-corrected chi connectivity index (χ1v) is 9.59. The molecule has 1 fully saturated rings. The summed E-state index contributed by atoms with van der Waals surface area (Å²) < 4.78 is 31.3. The first-order chi connectivity index (χ1) is 11.4. The second kappa shape index (κ2) is 6.66. The van der Waals surface area contributed by atoms with Gasteiger partial charge in [-0.1, -0.05) is 6.92 Å². The highest BCUT2D eigenvalue weighted by Gasteiger charge is 2.27. The van der Waals surface area contributed by atoms with Gasteiger partial charge in [0, 0.05) is 38.0 Å². The lowest BCUT2D eigenvalue weighted by Gasteiger charge is -2.13. The van der Waals surface area contributed by atoms with Gasteiger partial charge in [-0.15, -0.1) is 0 Å². The number of aryl methyl sites for hydroxylation is 2. The molecule has 1 atom stereocenters. The van der Waals surface area contributed by atoms with Crippen LogP contribution in [0.1, 0.15) is 37.2 Å². The van der Waals surface area contributed by atoms with Crippen molar-refractivity contribution in [1.82, 2.24) is 24.1 Å². The summed E-state index contributed by atoms with van der Waals surface area (Å²) in [6.07, 6.45) is 7.86. The minimum Gasteiger partial charge on any atom is -0.394 e. The molecule has 2 aromatic heterocycles. The van der Waals surface area contributed by atoms with Crippen LogP contribution >= 0.6 is 0 Å². The van der Waals surface area contributed by atoms with E-state index in [-0.39, 0.29) is 11.6 Å². The minimum atomic E-state index is -3.82. The highest BCUT2D eigenvalue weighted by Crippen LogP contribution is 2.31. The van der Waals surface area contributed by atoms with E-state index in [0.29, 0.717) is 17.9 Å². The fraction of sp³-hybridized carbons (Fsp3) is 0.600. The van der Waals surface area contributed by atoms with E-state index in [0.717, 1.165) is 12.4 Å². The van der Waals surface area contributed by atoms with E-state index in [9.17, 15) is 13.5 Å². The summed E-state index contributed by atoms with van der Waals surface area (Å²) in [7, 11) is -2.08. The van der Waals surface area contributed by atoms with Crippen molar-refractivity contribution in [2.75, 3.05) is 6.61 Å². The molecule has 1 unspecified atom stereocenters. The smallest absolute Gasteiger partial charge is 0.260 e. The molecular formula is C15H23N5O3S. The minimum absolute atomic E-state index is 0.00217. The molecule has 2 aromatic rings. The van der Waals surface area contributed by atoms with E-state index in [1.165, 1.54) is 19.0 Å². The largest absolute Gasteiger partial charge is 0.394 e. The lowest BCUT2D eigenvalue weighted by atomic mass is 10.2. The van der Waals surface area contributed by atoms with Gasteiger partial charge >= 0.3 is 0 Å². The van der Waals surface area contributed by atoms with Crippen LogP contribution in [-0.2, 0) is 30.0 Å². The van der Waals surface area contributed by atoms with Crippen molar-refractivity contribution >= 4 is 10.0 Å². The van der Waals surface area contributed by atoms with Crippen molar-refractivity contribution in [3.05, 3.63) is 30.0 Å². The van der Waals surface area contributed by atoms with Crippen molar-refractivity contribution < 1.29 is 13.5 Å². The van der Waals surface area contributed by atoms with Crippen LogP contribution in [0, 0.1) is 5.92 Å². The van der Waals surface area contributed by atoms with Crippen LogP contribution in [0.5, 0.6) is 0 Å². The molecule has 2 heterocycles. The van der Waals surface area contributed by atoms with Crippen LogP contribution in [0.3, 0.4) is 0 Å². The van der Waals surface area contributed by atoms with Gasteiger partial charge in [-0.2, -0.15) is 9.82 Å². The molecule has 0 aliphatic heterocycles. The Morgan fingerprint density at radius 1 is 1.42 bits per heavy atom. The zero-order valence-electron chi connectivity index (χ0n) is 13.9. The molecule has 9 heteroatoms. The maximum Gasteiger partial charge on any atom is 0.260 e. The zero-order valence-corrected chi connectivity index (χ0v) is 14.7. The summed E-state index contributed by atoms with van der Waals surface area (Å²) in [5.41, 5.74) is 0.608. The summed E-state index contributed by atoms with van der Waals surface area (Å²) in [6.45, 7) is 2.42. The highest BCUT2D eigenvalue weighted by atomic mass is 32.2. The Hall–Kier alpha value is -1.71. The molecule has 0 amide bonds. The molecule has 1 saturated carbocycles.